The highest BCUT2D eigenvalue weighted by Gasteiger charge is 2.03. The van der Waals surface area contributed by atoms with Gasteiger partial charge in [-0.1, -0.05) is 26.0 Å². The van der Waals surface area contributed by atoms with Gasteiger partial charge in [-0.3, -0.25) is 0 Å². The monoisotopic (exact) mass is 163 g/mol. The van der Waals surface area contributed by atoms with E-state index in [9.17, 15) is 0 Å². The number of ether oxygens (including phenoxy) is 1. The molecule has 1 radical (unpaired) electrons. The summed E-state index contributed by atoms with van der Waals surface area (Å²) >= 11 is 0. The maximum Gasteiger partial charge on any atom is 0.119 e. The zero-order chi connectivity index (χ0) is 8.81. The van der Waals surface area contributed by atoms with E-state index in [1.54, 1.807) is 0 Å². The van der Waals surface area contributed by atoms with Crippen LogP contribution in [0.15, 0.2) is 24.3 Å². The highest BCUT2D eigenvalue weighted by Crippen LogP contribution is 2.13. The Labute approximate surface area is 74.4 Å². The molecule has 1 aromatic rings. The van der Waals surface area contributed by atoms with Gasteiger partial charge in [-0.2, -0.15) is 0 Å². The molecule has 0 unspecified atom stereocenters. The lowest BCUT2D eigenvalue weighted by atomic mass is 10.2. The van der Waals surface area contributed by atoms with Crippen LogP contribution in [0, 0.1) is 6.07 Å². The standard InChI is InChI=1S/C11H15O/c1-3-10(4-2)12-11-8-6-5-7-9-11/h6-10H,3-4H2,1-2H3. The van der Waals surface area contributed by atoms with Crippen molar-refractivity contribution in [1.82, 2.24) is 0 Å². The van der Waals surface area contributed by atoms with Gasteiger partial charge in [0.1, 0.15) is 5.75 Å². The van der Waals surface area contributed by atoms with Crippen LogP contribution >= 0.6 is 0 Å². The van der Waals surface area contributed by atoms with E-state index in [-0.39, 0.29) is 0 Å². The van der Waals surface area contributed by atoms with Crippen molar-refractivity contribution in [2.24, 2.45) is 0 Å². The molecule has 0 aliphatic carbocycles. The van der Waals surface area contributed by atoms with Crippen LogP contribution in [-0.2, 0) is 0 Å². The average molecular weight is 163 g/mol. The van der Waals surface area contributed by atoms with Crippen LogP contribution in [0.25, 0.3) is 0 Å². The molecule has 1 nitrogen and oxygen atoms in total. The zero-order valence-corrected chi connectivity index (χ0v) is 7.71. The molecule has 0 heterocycles. The van der Waals surface area contributed by atoms with E-state index >= 15 is 0 Å². The fourth-order valence-electron chi connectivity index (χ4n) is 1.10. The van der Waals surface area contributed by atoms with Crippen molar-refractivity contribution in [2.75, 3.05) is 0 Å². The molecule has 0 atom stereocenters. The quantitative estimate of drug-likeness (QED) is 0.662. The molecule has 12 heavy (non-hydrogen) atoms. The first-order chi connectivity index (χ1) is 5.86. The van der Waals surface area contributed by atoms with E-state index in [0.717, 1.165) is 18.6 Å². The molecular formula is C11H15O. The Morgan fingerprint density at radius 3 is 2.33 bits per heavy atom. The second-order valence-electron chi connectivity index (χ2n) is 2.79. The minimum Gasteiger partial charge on any atom is -0.490 e. The van der Waals surface area contributed by atoms with Gasteiger partial charge in [-0.05, 0) is 31.0 Å². The summed E-state index contributed by atoms with van der Waals surface area (Å²) in [5.74, 6) is 0.947. The summed E-state index contributed by atoms with van der Waals surface area (Å²) in [6, 6.07) is 10.6. The highest BCUT2D eigenvalue weighted by molar-refractivity contribution is 5.20. The van der Waals surface area contributed by atoms with E-state index < -0.39 is 0 Å². The molecule has 1 rings (SSSR count). The Hall–Kier alpha value is -0.980. The summed E-state index contributed by atoms with van der Waals surface area (Å²) in [6.45, 7) is 4.28. The maximum absolute atomic E-state index is 5.69. The van der Waals surface area contributed by atoms with Crippen molar-refractivity contribution in [2.45, 2.75) is 32.8 Å². The lowest BCUT2D eigenvalue weighted by Crippen LogP contribution is -2.13. The SMILES string of the molecule is CCC(CC)Oc1cc[c]cc1. The van der Waals surface area contributed by atoms with E-state index in [2.05, 4.69) is 19.9 Å². The summed E-state index contributed by atoms with van der Waals surface area (Å²) < 4.78 is 5.69. The van der Waals surface area contributed by atoms with E-state index in [4.69, 9.17) is 4.74 Å². The normalized spacial score (nSPS) is 10.2. The molecule has 0 fully saturated rings. The van der Waals surface area contributed by atoms with Gasteiger partial charge in [-0.15, -0.1) is 0 Å². The Bertz CT molecular complexity index is 202. The topological polar surface area (TPSA) is 9.23 Å². The maximum atomic E-state index is 5.69. The van der Waals surface area contributed by atoms with Gasteiger partial charge in [0.05, 0.1) is 6.10 Å². The molecule has 0 spiro atoms. The van der Waals surface area contributed by atoms with Crippen molar-refractivity contribution < 1.29 is 4.74 Å². The minimum absolute atomic E-state index is 0.354. The van der Waals surface area contributed by atoms with Gasteiger partial charge in [0.15, 0.2) is 0 Å². The predicted molar refractivity (Wildman–Crippen MR) is 50.3 cm³/mol. The Morgan fingerprint density at radius 2 is 1.83 bits per heavy atom. The van der Waals surface area contributed by atoms with E-state index in [1.807, 2.05) is 24.3 Å². The van der Waals surface area contributed by atoms with Crippen LogP contribution < -0.4 is 4.74 Å². The second kappa shape index (κ2) is 4.81. The molecule has 0 amide bonds. The molecule has 65 valence electrons. The predicted octanol–water partition coefficient (Wildman–Crippen LogP) is 3.05. The second-order valence-corrected chi connectivity index (χ2v) is 2.79. The molecule has 0 aromatic heterocycles. The number of rotatable bonds is 4. The van der Waals surface area contributed by atoms with Crippen molar-refractivity contribution in [1.29, 1.82) is 0 Å². The third kappa shape index (κ3) is 2.57. The molecule has 0 N–H and O–H groups in total. The van der Waals surface area contributed by atoms with Gasteiger partial charge >= 0.3 is 0 Å². The Balaban J connectivity index is 2.51. The minimum atomic E-state index is 0.354. The van der Waals surface area contributed by atoms with Crippen LogP contribution in [0.1, 0.15) is 26.7 Å². The van der Waals surface area contributed by atoms with Gasteiger partial charge < -0.3 is 4.74 Å². The van der Waals surface area contributed by atoms with Gasteiger partial charge in [0.25, 0.3) is 0 Å². The van der Waals surface area contributed by atoms with Crippen molar-refractivity contribution in [3.63, 3.8) is 0 Å². The molecule has 0 bridgehead atoms. The molecule has 0 saturated carbocycles. The number of hydrogen-bond donors (Lipinski definition) is 0. The molecule has 1 heteroatoms. The van der Waals surface area contributed by atoms with Gasteiger partial charge in [0, 0.05) is 0 Å². The highest BCUT2D eigenvalue weighted by atomic mass is 16.5. The summed E-state index contributed by atoms with van der Waals surface area (Å²) in [5, 5.41) is 0. The number of benzene rings is 1. The van der Waals surface area contributed by atoms with E-state index in [0.29, 0.717) is 6.10 Å². The molecular weight excluding hydrogens is 148 g/mol. The third-order valence-corrected chi connectivity index (χ3v) is 1.90. The molecule has 1 aromatic carbocycles. The van der Waals surface area contributed by atoms with Crippen molar-refractivity contribution in [3.05, 3.63) is 30.3 Å². The van der Waals surface area contributed by atoms with Gasteiger partial charge in [-0.25, -0.2) is 0 Å². The molecule has 0 aliphatic heterocycles. The molecule has 0 aliphatic rings. The largest absolute Gasteiger partial charge is 0.490 e. The van der Waals surface area contributed by atoms with Crippen LogP contribution in [0.5, 0.6) is 5.75 Å². The Morgan fingerprint density at radius 1 is 1.25 bits per heavy atom. The first kappa shape index (κ1) is 9.11. The molecule has 0 saturated heterocycles. The lowest BCUT2D eigenvalue weighted by Gasteiger charge is -2.14. The summed E-state index contributed by atoms with van der Waals surface area (Å²) in [7, 11) is 0. The first-order valence-electron chi connectivity index (χ1n) is 4.49. The first-order valence-corrected chi connectivity index (χ1v) is 4.49. The Kier molecular flexibility index (Phi) is 3.65. The summed E-state index contributed by atoms with van der Waals surface area (Å²) in [5.41, 5.74) is 0. The summed E-state index contributed by atoms with van der Waals surface area (Å²) in [6.07, 6.45) is 2.48. The van der Waals surface area contributed by atoms with Crippen molar-refractivity contribution >= 4 is 0 Å². The van der Waals surface area contributed by atoms with Crippen LogP contribution in [0.2, 0.25) is 0 Å². The van der Waals surface area contributed by atoms with Crippen molar-refractivity contribution in [3.8, 4) is 5.75 Å². The van der Waals surface area contributed by atoms with Crippen LogP contribution in [0.3, 0.4) is 0 Å². The fourth-order valence-corrected chi connectivity index (χ4v) is 1.10. The van der Waals surface area contributed by atoms with Crippen LogP contribution in [-0.4, -0.2) is 6.10 Å². The average Bonchev–Trinajstić information content (AvgIpc) is 2.16. The smallest absolute Gasteiger partial charge is 0.119 e. The van der Waals surface area contributed by atoms with Crippen LogP contribution in [0.4, 0.5) is 0 Å². The number of hydrogen-bond acceptors (Lipinski definition) is 1. The zero-order valence-electron chi connectivity index (χ0n) is 7.71. The van der Waals surface area contributed by atoms with Gasteiger partial charge in [0.2, 0.25) is 0 Å². The lowest BCUT2D eigenvalue weighted by molar-refractivity contribution is 0.193. The fraction of sp³-hybridized carbons (Fsp3) is 0.455. The third-order valence-electron chi connectivity index (χ3n) is 1.90. The van der Waals surface area contributed by atoms with E-state index in [1.165, 1.54) is 0 Å². The summed E-state index contributed by atoms with van der Waals surface area (Å²) in [4.78, 5) is 0.